The topological polar surface area (TPSA) is 20.3 Å². The van der Waals surface area contributed by atoms with Crippen LogP contribution in [0.3, 0.4) is 0 Å². The normalized spacial score (nSPS) is 12.1. The summed E-state index contributed by atoms with van der Waals surface area (Å²) in [6.07, 6.45) is 0. The second-order valence-electron chi connectivity index (χ2n) is 6.40. The molecule has 0 amide bonds. The summed E-state index contributed by atoms with van der Waals surface area (Å²) in [6, 6.07) is 25.8. The largest absolute Gasteiger partial charge is 0.292 e. The molecular weight excluding hydrogens is 324 g/mol. The van der Waals surface area contributed by atoms with Crippen LogP contribution in [0.1, 0.15) is 28.4 Å². The van der Waals surface area contributed by atoms with E-state index in [9.17, 15) is 9.18 Å². The van der Waals surface area contributed by atoms with Gasteiger partial charge >= 0.3 is 0 Å². The molecule has 0 radical (unpaired) electrons. The first-order valence-electron chi connectivity index (χ1n) is 8.76. The predicted octanol–water partition coefficient (Wildman–Crippen LogP) is 5.10. The molecule has 3 rings (SSSR count). The molecule has 1 unspecified atom stereocenters. The minimum Gasteiger partial charge on any atom is -0.292 e. The van der Waals surface area contributed by atoms with Crippen molar-refractivity contribution >= 4 is 5.78 Å². The summed E-state index contributed by atoms with van der Waals surface area (Å²) < 4.78 is 14.1. The van der Waals surface area contributed by atoms with Gasteiger partial charge in [-0.2, -0.15) is 0 Å². The number of ketones is 1. The van der Waals surface area contributed by atoms with E-state index in [-0.39, 0.29) is 11.3 Å². The summed E-state index contributed by atoms with van der Waals surface area (Å²) >= 11 is 0. The van der Waals surface area contributed by atoms with Gasteiger partial charge in [0.15, 0.2) is 5.78 Å². The lowest BCUT2D eigenvalue weighted by atomic mass is 10.0. The van der Waals surface area contributed by atoms with Gasteiger partial charge in [0.25, 0.3) is 0 Å². The molecule has 0 aliphatic heterocycles. The van der Waals surface area contributed by atoms with Crippen LogP contribution < -0.4 is 0 Å². The third kappa shape index (κ3) is 4.44. The van der Waals surface area contributed by atoms with Crippen LogP contribution in [0, 0.1) is 5.82 Å². The third-order valence-electron chi connectivity index (χ3n) is 4.52. The van der Waals surface area contributed by atoms with Gasteiger partial charge in [0.2, 0.25) is 0 Å². The van der Waals surface area contributed by atoms with E-state index in [0.717, 1.165) is 11.1 Å². The molecular formula is C23H22FNO. The maximum atomic E-state index is 14.1. The molecule has 132 valence electrons. The highest BCUT2D eigenvalue weighted by atomic mass is 18.2. The van der Waals surface area contributed by atoms with Crippen LogP contribution in [0.25, 0.3) is 0 Å². The van der Waals surface area contributed by atoms with Crippen molar-refractivity contribution in [2.45, 2.75) is 26.1 Å². The van der Waals surface area contributed by atoms with E-state index in [1.165, 1.54) is 6.07 Å². The second-order valence-corrected chi connectivity index (χ2v) is 6.40. The van der Waals surface area contributed by atoms with Gasteiger partial charge in [-0.3, -0.25) is 9.69 Å². The van der Waals surface area contributed by atoms with Crippen molar-refractivity contribution in [2.24, 2.45) is 0 Å². The lowest BCUT2D eigenvalue weighted by Gasteiger charge is -2.28. The molecule has 3 heteroatoms. The minimum atomic E-state index is -0.469. The number of benzene rings is 3. The van der Waals surface area contributed by atoms with Crippen molar-refractivity contribution in [2.75, 3.05) is 0 Å². The zero-order valence-electron chi connectivity index (χ0n) is 14.8. The number of hydrogen-bond donors (Lipinski definition) is 0. The maximum Gasteiger partial charge on any atom is 0.182 e. The zero-order chi connectivity index (χ0) is 18.4. The smallest absolute Gasteiger partial charge is 0.182 e. The molecule has 1 atom stereocenters. The number of rotatable bonds is 7. The van der Waals surface area contributed by atoms with E-state index < -0.39 is 11.9 Å². The van der Waals surface area contributed by atoms with Crippen molar-refractivity contribution in [1.29, 1.82) is 0 Å². The predicted molar refractivity (Wildman–Crippen MR) is 102 cm³/mol. The summed E-state index contributed by atoms with van der Waals surface area (Å²) in [5, 5.41) is 0. The lowest BCUT2D eigenvalue weighted by Crippen LogP contribution is -2.38. The Kier molecular flexibility index (Phi) is 5.92. The van der Waals surface area contributed by atoms with Crippen LogP contribution in [0.5, 0.6) is 0 Å². The number of carbonyl (C=O) groups excluding carboxylic acids is 1. The van der Waals surface area contributed by atoms with Gasteiger partial charge in [0, 0.05) is 13.1 Å². The fourth-order valence-electron chi connectivity index (χ4n) is 3.02. The van der Waals surface area contributed by atoms with Crippen LogP contribution in [-0.4, -0.2) is 16.7 Å². The average Bonchev–Trinajstić information content (AvgIpc) is 2.68. The minimum absolute atomic E-state index is 0.145. The average molecular weight is 346 g/mol. The summed E-state index contributed by atoms with van der Waals surface area (Å²) in [4.78, 5) is 15.0. The van der Waals surface area contributed by atoms with Gasteiger partial charge in [0.1, 0.15) is 5.82 Å². The molecule has 0 aromatic heterocycles. The van der Waals surface area contributed by atoms with Crippen LogP contribution in [0.15, 0.2) is 84.9 Å². The Labute approximate surface area is 153 Å². The van der Waals surface area contributed by atoms with Crippen molar-refractivity contribution in [1.82, 2.24) is 4.90 Å². The molecule has 0 heterocycles. The molecule has 2 nitrogen and oxygen atoms in total. The van der Waals surface area contributed by atoms with Crippen LogP contribution in [0.2, 0.25) is 0 Å². The van der Waals surface area contributed by atoms with E-state index in [1.807, 2.05) is 67.6 Å². The maximum absolute atomic E-state index is 14.1. The van der Waals surface area contributed by atoms with Crippen molar-refractivity contribution < 1.29 is 9.18 Å². The van der Waals surface area contributed by atoms with Gasteiger partial charge in [0.05, 0.1) is 11.6 Å². The van der Waals surface area contributed by atoms with E-state index in [4.69, 9.17) is 0 Å². The van der Waals surface area contributed by atoms with Crippen molar-refractivity contribution in [3.8, 4) is 0 Å². The monoisotopic (exact) mass is 346 g/mol. The van der Waals surface area contributed by atoms with Gasteiger partial charge in [-0.25, -0.2) is 4.39 Å². The van der Waals surface area contributed by atoms with Gasteiger partial charge in [-0.15, -0.1) is 0 Å². The highest BCUT2D eigenvalue weighted by molar-refractivity contribution is 6.00. The van der Waals surface area contributed by atoms with Crippen LogP contribution in [0.4, 0.5) is 4.39 Å². The quantitative estimate of drug-likeness (QED) is 0.555. The fraction of sp³-hybridized carbons (Fsp3) is 0.174. The van der Waals surface area contributed by atoms with E-state index in [1.54, 1.807) is 18.2 Å². The van der Waals surface area contributed by atoms with Gasteiger partial charge < -0.3 is 0 Å². The van der Waals surface area contributed by atoms with E-state index >= 15 is 0 Å². The Balaban J connectivity index is 1.86. The number of Topliss-reactive ketones (excluding diaryl/α,β-unsaturated/α-hetero) is 1. The molecule has 0 N–H and O–H groups in total. The van der Waals surface area contributed by atoms with Gasteiger partial charge in [-0.1, -0.05) is 72.8 Å². The molecule has 0 bridgehead atoms. The number of nitrogens with zero attached hydrogens (tertiary/aromatic N) is 1. The molecule has 0 fully saturated rings. The molecule has 0 saturated carbocycles. The molecule has 0 saturated heterocycles. The molecule has 0 aliphatic carbocycles. The summed E-state index contributed by atoms with van der Waals surface area (Å²) in [6.45, 7) is 3.09. The molecule has 3 aromatic rings. The van der Waals surface area contributed by atoms with Crippen molar-refractivity contribution in [3.05, 3.63) is 107 Å². The second kappa shape index (κ2) is 8.54. The first-order chi connectivity index (χ1) is 12.6. The Morgan fingerprint density at radius 3 is 1.77 bits per heavy atom. The standard InChI is InChI=1S/C23H22FNO/c1-18(23(26)21-14-8-9-15-22(21)24)25(16-19-10-4-2-5-11-19)17-20-12-6-3-7-13-20/h2-15,18H,16-17H2,1H3/i24-1. The fourth-order valence-corrected chi connectivity index (χ4v) is 3.02. The van der Waals surface area contributed by atoms with Crippen LogP contribution in [-0.2, 0) is 13.1 Å². The molecule has 3 aromatic carbocycles. The highest BCUT2D eigenvalue weighted by Crippen LogP contribution is 2.18. The molecule has 0 spiro atoms. The zero-order valence-corrected chi connectivity index (χ0v) is 14.8. The number of carbonyl (C=O) groups is 1. The number of halogens is 1. The Morgan fingerprint density at radius 2 is 1.27 bits per heavy atom. The molecule has 0 aliphatic rings. The van der Waals surface area contributed by atoms with Crippen molar-refractivity contribution in [3.63, 3.8) is 0 Å². The first-order valence-corrected chi connectivity index (χ1v) is 8.76. The summed E-state index contributed by atoms with van der Waals surface area (Å²) in [5.74, 6) is -0.668. The van der Waals surface area contributed by atoms with E-state index in [0.29, 0.717) is 13.1 Å². The first kappa shape index (κ1) is 18.0. The highest BCUT2D eigenvalue weighted by Gasteiger charge is 2.24. The summed E-state index contributed by atoms with van der Waals surface area (Å²) in [7, 11) is 0. The SMILES string of the molecule is CC(C(=O)c1ccccc1[18F])N(Cc1ccccc1)Cc1ccccc1. The Morgan fingerprint density at radius 1 is 0.808 bits per heavy atom. The van der Waals surface area contributed by atoms with Gasteiger partial charge in [-0.05, 0) is 30.2 Å². The summed E-state index contributed by atoms with van der Waals surface area (Å²) in [5.41, 5.74) is 2.39. The Hall–Kier alpha value is -2.78. The molecule has 26 heavy (non-hydrogen) atoms. The Bertz CT molecular complexity index is 807. The third-order valence-corrected chi connectivity index (χ3v) is 4.52. The lowest BCUT2D eigenvalue weighted by molar-refractivity contribution is 0.0812. The number of hydrogen-bond acceptors (Lipinski definition) is 2. The van der Waals surface area contributed by atoms with E-state index in [2.05, 4.69) is 4.90 Å². The van der Waals surface area contributed by atoms with Crippen LogP contribution >= 0.6 is 0 Å².